The van der Waals surface area contributed by atoms with Crippen molar-refractivity contribution < 1.29 is 4.74 Å². The van der Waals surface area contributed by atoms with Crippen LogP contribution in [0.1, 0.15) is 19.4 Å². The standard InChI is InChI=1S/C18H22N2O/c1-4-20(5-2)17-10-6-15(7-11-17)14-19-16-8-12-18(21-3)13-9-16/h6-14H,4-5H2,1-3H3. The zero-order valence-corrected chi connectivity index (χ0v) is 12.9. The molecule has 3 nitrogen and oxygen atoms in total. The molecule has 0 heterocycles. The van der Waals surface area contributed by atoms with Crippen molar-refractivity contribution in [2.45, 2.75) is 13.8 Å². The Bertz CT molecular complexity index is 569. The summed E-state index contributed by atoms with van der Waals surface area (Å²) < 4.78 is 5.13. The lowest BCUT2D eigenvalue weighted by Crippen LogP contribution is -2.21. The van der Waals surface area contributed by atoms with Crippen molar-refractivity contribution in [1.29, 1.82) is 0 Å². The summed E-state index contributed by atoms with van der Waals surface area (Å²) in [5.41, 5.74) is 3.27. The maximum atomic E-state index is 5.13. The van der Waals surface area contributed by atoms with E-state index in [0.29, 0.717) is 0 Å². The molecule has 0 aliphatic carbocycles. The van der Waals surface area contributed by atoms with Gasteiger partial charge in [-0.05, 0) is 55.8 Å². The van der Waals surface area contributed by atoms with Gasteiger partial charge in [0.15, 0.2) is 0 Å². The molecule has 0 aromatic heterocycles. The number of ether oxygens (including phenoxy) is 1. The average molecular weight is 282 g/mol. The quantitative estimate of drug-likeness (QED) is 0.738. The van der Waals surface area contributed by atoms with Crippen LogP contribution in [0.5, 0.6) is 5.75 Å². The number of aliphatic imine (C=N–C) groups is 1. The fraction of sp³-hybridized carbons (Fsp3) is 0.278. The molecule has 3 heteroatoms. The van der Waals surface area contributed by atoms with Crippen molar-refractivity contribution in [3.8, 4) is 5.75 Å². The van der Waals surface area contributed by atoms with Gasteiger partial charge in [0.2, 0.25) is 0 Å². The van der Waals surface area contributed by atoms with Crippen LogP contribution in [0.15, 0.2) is 53.5 Å². The van der Waals surface area contributed by atoms with Crippen LogP contribution in [0.3, 0.4) is 0 Å². The van der Waals surface area contributed by atoms with Gasteiger partial charge < -0.3 is 9.64 Å². The zero-order valence-electron chi connectivity index (χ0n) is 12.9. The highest BCUT2D eigenvalue weighted by atomic mass is 16.5. The molecule has 0 amide bonds. The van der Waals surface area contributed by atoms with E-state index in [1.165, 1.54) is 5.69 Å². The second kappa shape index (κ2) is 7.48. The topological polar surface area (TPSA) is 24.8 Å². The van der Waals surface area contributed by atoms with E-state index >= 15 is 0 Å². The molecule has 110 valence electrons. The van der Waals surface area contributed by atoms with Gasteiger partial charge >= 0.3 is 0 Å². The molecule has 0 bridgehead atoms. The van der Waals surface area contributed by atoms with Crippen molar-refractivity contribution >= 4 is 17.6 Å². The first-order valence-electron chi connectivity index (χ1n) is 7.30. The van der Waals surface area contributed by atoms with Crippen LogP contribution >= 0.6 is 0 Å². The first-order valence-corrected chi connectivity index (χ1v) is 7.30. The highest BCUT2D eigenvalue weighted by Gasteiger charge is 2.00. The lowest BCUT2D eigenvalue weighted by atomic mass is 10.2. The van der Waals surface area contributed by atoms with Crippen molar-refractivity contribution in [3.05, 3.63) is 54.1 Å². The van der Waals surface area contributed by atoms with Crippen LogP contribution in [0.4, 0.5) is 11.4 Å². The minimum atomic E-state index is 0.845. The third-order valence-electron chi connectivity index (χ3n) is 3.46. The Labute approximate surface area is 126 Å². The summed E-state index contributed by atoms with van der Waals surface area (Å²) in [5.74, 6) is 0.845. The van der Waals surface area contributed by atoms with Crippen molar-refractivity contribution in [2.75, 3.05) is 25.1 Å². The molecule has 0 unspecified atom stereocenters. The van der Waals surface area contributed by atoms with E-state index in [9.17, 15) is 0 Å². The highest BCUT2D eigenvalue weighted by Crippen LogP contribution is 2.18. The van der Waals surface area contributed by atoms with E-state index in [1.54, 1.807) is 7.11 Å². The van der Waals surface area contributed by atoms with Gasteiger partial charge in [0, 0.05) is 25.0 Å². The predicted molar refractivity (Wildman–Crippen MR) is 90.3 cm³/mol. The lowest BCUT2D eigenvalue weighted by molar-refractivity contribution is 0.415. The average Bonchev–Trinajstić information content (AvgIpc) is 2.55. The fourth-order valence-electron chi connectivity index (χ4n) is 2.18. The maximum absolute atomic E-state index is 5.13. The van der Waals surface area contributed by atoms with Gasteiger partial charge in [-0.15, -0.1) is 0 Å². The Balaban J connectivity index is 2.06. The molecule has 0 radical (unpaired) electrons. The van der Waals surface area contributed by atoms with Crippen LogP contribution in [0.25, 0.3) is 0 Å². The van der Waals surface area contributed by atoms with Gasteiger partial charge in [-0.2, -0.15) is 0 Å². The number of nitrogens with zero attached hydrogens (tertiary/aromatic N) is 2. The molecule has 0 atom stereocenters. The van der Waals surface area contributed by atoms with Crippen LogP contribution in [-0.4, -0.2) is 26.4 Å². The second-order valence-corrected chi connectivity index (χ2v) is 4.72. The van der Waals surface area contributed by atoms with Crippen LogP contribution in [0.2, 0.25) is 0 Å². The van der Waals surface area contributed by atoms with E-state index in [1.807, 2.05) is 30.5 Å². The minimum Gasteiger partial charge on any atom is -0.497 e. The Morgan fingerprint density at radius 1 is 0.952 bits per heavy atom. The smallest absolute Gasteiger partial charge is 0.119 e. The largest absolute Gasteiger partial charge is 0.497 e. The Hall–Kier alpha value is -2.29. The molecule has 0 fully saturated rings. The normalized spacial score (nSPS) is 10.8. The van der Waals surface area contributed by atoms with Crippen LogP contribution < -0.4 is 9.64 Å². The lowest BCUT2D eigenvalue weighted by Gasteiger charge is -2.20. The Kier molecular flexibility index (Phi) is 5.38. The molecule has 0 spiro atoms. The first-order chi connectivity index (χ1) is 10.3. The summed E-state index contributed by atoms with van der Waals surface area (Å²) >= 11 is 0. The zero-order chi connectivity index (χ0) is 15.1. The molecule has 0 N–H and O–H groups in total. The Morgan fingerprint density at radius 2 is 1.57 bits per heavy atom. The molecule has 0 aliphatic heterocycles. The van der Waals surface area contributed by atoms with E-state index in [-0.39, 0.29) is 0 Å². The molecule has 0 saturated heterocycles. The molecule has 2 aromatic carbocycles. The van der Waals surface area contributed by atoms with Gasteiger partial charge in [0.05, 0.1) is 12.8 Å². The number of hydrogen-bond donors (Lipinski definition) is 0. The monoisotopic (exact) mass is 282 g/mol. The predicted octanol–water partition coefficient (Wildman–Crippen LogP) is 4.29. The van der Waals surface area contributed by atoms with Crippen molar-refractivity contribution in [3.63, 3.8) is 0 Å². The molecule has 0 aliphatic rings. The maximum Gasteiger partial charge on any atom is 0.119 e. The summed E-state index contributed by atoms with van der Waals surface area (Å²) in [4.78, 5) is 6.80. The summed E-state index contributed by atoms with van der Waals surface area (Å²) in [7, 11) is 1.66. The highest BCUT2D eigenvalue weighted by molar-refractivity contribution is 5.82. The molecule has 2 aromatic rings. The van der Waals surface area contributed by atoms with Crippen molar-refractivity contribution in [2.24, 2.45) is 4.99 Å². The minimum absolute atomic E-state index is 0.845. The summed E-state index contributed by atoms with van der Waals surface area (Å²) in [6, 6.07) is 16.2. The van der Waals surface area contributed by atoms with Gasteiger partial charge in [-0.1, -0.05) is 12.1 Å². The van der Waals surface area contributed by atoms with E-state index in [0.717, 1.165) is 30.1 Å². The van der Waals surface area contributed by atoms with E-state index < -0.39 is 0 Å². The summed E-state index contributed by atoms with van der Waals surface area (Å²) in [6.45, 7) is 6.39. The van der Waals surface area contributed by atoms with E-state index in [2.05, 4.69) is 48.0 Å². The SMILES string of the molecule is CCN(CC)c1ccc(C=Nc2ccc(OC)cc2)cc1. The summed E-state index contributed by atoms with van der Waals surface area (Å²) in [6.07, 6.45) is 1.88. The third kappa shape index (κ3) is 4.09. The number of hydrogen-bond acceptors (Lipinski definition) is 3. The molecular formula is C18H22N2O. The fourth-order valence-corrected chi connectivity index (χ4v) is 2.18. The number of anilines is 1. The van der Waals surface area contributed by atoms with Gasteiger partial charge in [-0.3, -0.25) is 4.99 Å². The van der Waals surface area contributed by atoms with Crippen molar-refractivity contribution in [1.82, 2.24) is 0 Å². The molecule has 2 rings (SSSR count). The summed E-state index contributed by atoms with van der Waals surface area (Å²) in [5, 5.41) is 0. The number of rotatable bonds is 6. The van der Waals surface area contributed by atoms with E-state index in [4.69, 9.17) is 4.74 Å². The molecule has 0 saturated carbocycles. The number of benzene rings is 2. The molecule has 21 heavy (non-hydrogen) atoms. The Morgan fingerprint density at radius 3 is 2.10 bits per heavy atom. The van der Waals surface area contributed by atoms with Gasteiger partial charge in [0.1, 0.15) is 5.75 Å². The third-order valence-corrected chi connectivity index (χ3v) is 3.46. The van der Waals surface area contributed by atoms with Gasteiger partial charge in [0.25, 0.3) is 0 Å². The number of methoxy groups -OCH3 is 1. The second-order valence-electron chi connectivity index (χ2n) is 4.72. The van der Waals surface area contributed by atoms with Crippen LogP contribution in [0, 0.1) is 0 Å². The van der Waals surface area contributed by atoms with Gasteiger partial charge in [-0.25, -0.2) is 0 Å². The molecular weight excluding hydrogens is 260 g/mol. The first kappa shape index (κ1) is 15.1. The van der Waals surface area contributed by atoms with Crippen LogP contribution in [-0.2, 0) is 0 Å².